The lowest BCUT2D eigenvalue weighted by Gasteiger charge is -2.10. The second-order valence-electron chi connectivity index (χ2n) is 37.4. The van der Waals surface area contributed by atoms with Gasteiger partial charge in [-0.3, -0.25) is 0 Å². The Labute approximate surface area is 840 Å². The molecule has 0 aliphatic carbocycles. The van der Waals surface area contributed by atoms with Crippen LogP contribution in [0.5, 0.6) is 0 Å². The molecule has 686 valence electrons. The van der Waals surface area contributed by atoms with Crippen molar-refractivity contribution < 1.29 is 17.7 Å². The molecule has 31 aromatic rings. The van der Waals surface area contributed by atoms with Crippen LogP contribution in [0.4, 0.5) is 0 Å². The van der Waals surface area contributed by atoms with Gasteiger partial charge in [0.1, 0.15) is 61.5 Å². The molecule has 0 atom stereocenters. The molecule has 10 aromatic heterocycles. The third-order valence-corrected chi connectivity index (χ3v) is 28.8. The van der Waals surface area contributed by atoms with Crippen molar-refractivity contribution in [3.05, 3.63) is 491 Å². The molecule has 21 aromatic carbocycles. The lowest BCUT2D eigenvalue weighted by atomic mass is 9.98. The second kappa shape index (κ2) is 34.5. The largest absolute Gasteiger partial charge is 0.455 e. The molecule has 0 radical (unpaired) electrons. The number of aromatic nitrogens is 9. The second-order valence-corrected chi connectivity index (χ2v) is 37.4. The van der Waals surface area contributed by atoms with Gasteiger partial charge >= 0.3 is 0 Å². The van der Waals surface area contributed by atoms with Gasteiger partial charge < -0.3 is 31.4 Å². The van der Waals surface area contributed by atoms with E-state index in [1.807, 2.05) is 103 Å². The van der Waals surface area contributed by atoms with Crippen molar-refractivity contribution in [1.29, 1.82) is 0 Å². The van der Waals surface area contributed by atoms with E-state index in [-0.39, 0.29) is 0 Å². The van der Waals surface area contributed by atoms with Crippen LogP contribution >= 0.6 is 0 Å². The molecule has 147 heavy (non-hydrogen) atoms. The maximum Gasteiger partial charge on any atom is 0.180 e. The minimum atomic E-state index is 0.635. The Morgan fingerprint density at radius 2 is 0.456 bits per heavy atom. The Hall–Kier alpha value is -20.0. The number of hydrogen-bond acceptors (Lipinski definition) is 10. The average molecular weight is 1880 g/mol. The molecular formula is C134H81N9O4. The summed E-state index contributed by atoms with van der Waals surface area (Å²) >= 11 is 0. The van der Waals surface area contributed by atoms with Crippen LogP contribution < -0.4 is 0 Å². The van der Waals surface area contributed by atoms with Gasteiger partial charge in [0.25, 0.3) is 0 Å². The van der Waals surface area contributed by atoms with Crippen LogP contribution in [0.1, 0.15) is 0 Å². The number of hydrogen-bond donors (Lipinski definition) is 0. The highest BCUT2D eigenvalue weighted by atomic mass is 16.3. The van der Waals surface area contributed by atoms with Gasteiger partial charge in [0.15, 0.2) is 34.2 Å². The molecule has 0 saturated carbocycles. The molecule has 13 nitrogen and oxygen atoms in total. The van der Waals surface area contributed by atoms with E-state index in [4.69, 9.17) is 47.6 Å². The molecule has 0 amide bonds. The SMILES string of the molecule is c1ccc(-c2cccc(-c3nc(-c4cccc(-c5ccc6c(c5)c5c7ccccc7ccc5n6-c5ccccc5)c4)nc4c3oc3ccccc34)c2)cc1.c1ccc(-c2nc(-c3cccc(-c4ccc5c(c4)c4c6ccccc6ccc4n5-c4ccccc4)c3)nc3c2oc2ccccc23)cc1.c1ccc(-n2c3ccccc3c3cc(-c4nc(-c5cccc6c5oc5ccccc56)c5oc6ccccc6c5n4)ccc32)cc1. The topological polar surface area (TPSA) is 145 Å². The zero-order valence-corrected chi connectivity index (χ0v) is 78.9. The van der Waals surface area contributed by atoms with E-state index in [1.54, 1.807) is 0 Å². The number of nitrogens with zero attached hydrogens (tertiary/aromatic N) is 9. The molecule has 13 heteroatoms. The first-order chi connectivity index (χ1) is 72.9. The van der Waals surface area contributed by atoms with E-state index < -0.39 is 0 Å². The fourth-order valence-corrected chi connectivity index (χ4v) is 22.0. The first-order valence-electron chi connectivity index (χ1n) is 49.4. The van der Waals surface area contributed by atoms with Crippen LogP contribution in [-0.4, -0.2) is 43.6 Å². The van der Waals surface area contributed by atoms with Crippen molar-refractivity contribution in [3.8, 4) is 118 Å². The Morgan fingerprint density at radius 1 is 0.156 bits per heavy atom. The van der Waals surface area contributed by atoms with Gasteiger partial charge in [-0.25, -0.2) is 29.9 Å². The summed E-state index contributed by atoms with van der Waals surface area (Å²) in [6, 6.07) is 172. The van der Waals surface area contributed by atoms with Crippen molar-refractivity contribution >= 4 is 175 Å². The maximum atomic E-state index is 6.48. The zero-order valence-electron chi connectivity index (χ0n) is 78.9. The first-order valence-corrected chi connectivity index (χ1v) is 49.4. The number of para-hydroxylation sites is 9. The summed E-state index contributed by atoms with van der Waals surface area (Å²) in [5.74, 6) is 1.96. The van der Waals surface area contributed by atoms with E-state index in [1.165, 1.54) is 70.5 Å². The molecule has 0 saturated heterocycles. The fourth-order valence-electron chi connectivity index (χ4n) is 22.0. The monoisotopic (exact) mass is 1880 g/mol. The van der Waals surface area contributed by atoms with Crippen molar-refractivity contribution in [2.24, 2.45) is 0 Å². The predicted octanol–water partition coefficient (Wildman–Crippen LogP) is 35.6. The maximum absolute atomic E-state index is 6.48. The highest BCUT2D eigenvalue weighted by Gasteiger charge is 2.28. The van der Waals surface area contributed by atoms with E-state index in [9.17, 15) is 0 Å². The highest BCUT2D eigenvalue weighted by molar-refractivity contribution is 6.24. The van der Waals surface area contributed by atoms with Crippen LogP contribution in [-0.2, 0) is 0 Å². The summed E-state index contributed by atoms with van der Waals surface area (Å²) in [4.78, 5) is 31.1. The van der Waals surface area contributed by atoms with Gasteiger partial charge in [0.2, 0.25) is 0 Å². The summed E-state index contributed by atoms with van der Waals surface area (Å²) in [5.41, 5.74) is 33.6. The molecule has 0 bridgehead atoms. The van der Waals surface area contributed by atoms with Gasteiger partial charge in [0, 0.05) is 110 Å². The van der Waals surface area contributed by atoms with Crippen molar-refractivity contribution in [2.45, 2.75) is 0 Å². The smallest absolute Gasteiger partial charge is 0.180 e. The highest BCUT2D eigenvalue weighted by Crippen LogP contribution is 2.48. The van der Waals surface area contributed by atoms with Crippen LogP contribution in [0.2, 0.25) is 0 Å². The van der Waals surface area contributed by atoms with Crippen LogP contribution in [0, 0.1) is 0 Å². The lowest BCUT2D eigenvalue weighted by molar-refractivity contribution is 0.663. The van der Waals surface area contributed by atoms with E-state index in [0.29, 0.717) is 39.9 Å². The molecule has 0 aliphatic rings. The summed E-state index contributed by atoms with van der Waals surface area (Å²) in [7, 11) is 0. The average Bonchev–Trinajstić information content (AvgIpc) is 1.55. The van der Waals surface area contributed by atoms with Crippen LogP contribution in [0.3, 0.4) is 0 Å². The van der Waals surface area contributed by atoms with Gasteiger partial charge in [-0.1, -0.05) is 328 Å². The zero-order chi connectivity index (χ0) is 96.7. The minimum Gasteiger partial charge on any atom is -0.455 e. The summed E-state index contributed by atoms with van der Waals surface area (Å²) in [5, 5.41) is 17.3. The van der Waals surface area contributed by atoms with Gasteiger partial charge in [-0.05, 0) is 219 Å². The molecule has 0 fully saturated rings. The van der Waals surface area contributed by atoms with Crippen LogP contribution in [0.15, 0.2) is 509 Å². The van der Waals surface area contributed by atoms with E-state index in [2.05, 4.69) is 402 Å². The minimum absolute atomic E-state index is 0.635. The van der Waals surface area contributed by atoms with Gasteiger partial charge in [-0.2, -0.15) is 0 Å². The van der Waals surface area contributed by atoms with Crippen molar-refractivity contribution in [1.82, 2.24) is 43.6 Å². The standard InChI is InChI=1S/C50H31N3O.C44H27N3O.C40H23N3O2/c1-3-13-32(14-4-1)34-16-11-18-37(29-34)47-49-48(41-23-9-10-24-45(41)54-49)52-50(51-47)38-19-12-17-35(30-38)36-26-27-43-42(31-36)46-40-22-8-7-15-33(40)25-28-44(46)53(43)39-20-5-2-6-21-39;1-3-13-29(14-4-1)41-43-42(35-20-9-10-21-39(35)48-43)46-44(45-41)32-16-11-15-30(26-32)31-23-24-37-36(27-31)40-34-19-8-7-12-28(34)22-25-38(40)47(37)33-17-5-2-6-18-33;1-2-11-25(12-3-1)43-32-18-7-4-13-26(32)31-23-24(21-22-33(31)43)40-41-36-29-15-6-9-20-35(29)45-39(36)37(42-40)30-17-10-16-28-27-14-5-8-19-34(27)44-38(28)30/h1-31H;1-27H;1-23H. The fraction of sp³-hybridized carbons (Fsp3) is 0. The molecule has 10 heterocycles. The normalized spacial score (nSPS) is 11.8. The third-order valence-electron chi connectivity index (χ3n) is 28.8. The van der Waals surface area contributed by atoms with Crippen molar-refractivity contribution in [3.63, 3.8) is 0 Å². The Kier molecular flexibility index (Phi) is 19.7. The predicted molar refractivity (Wildman–Crippen MR) is 602 cm³/mol. The van der Waals surface area contributed by atoms with Gasteiger partial charge in [-0.15, -0.1) is 0 Å². The Morgan fingerprint density at radius 3 is 0.952 bits per heavy atom. The van der Waals surface area contributed by atoms with Gasteiger partial charge in [0.05, 0.1) is 33.1 Å². The van der Waals surface area contributed by atoms with E-state index >= 15 is 0 Å². The lowest BCUT2D eigenvalue weighted by Crippen LogP contribution is -1.95. The van der Waals surface area contributed by atoms with Crippen molar-refractivity contribution in [2.75, 3.05) is 0 Å². The number of rotatable bonds is 12. The van der Waals surface area contributed by atoms with E-state index in [0.717, 1.165) is 183 Å². The molecular weight excluding hydrogens is 1800 g/mol. The number of furan rings is 4. The Bertz CT molecular complexity index is 10700. The Balaban J connectivity index is 0.000000105. The number of fused-ring (bicyclic) bond motifs is 25. The molecule has 0 aliphatic heterocycles. The quantitative estimate of drug-likeness (QED) is 0.116. The summed E-state index contributed by atoms with van der Waals surface area (Å²) < 4.78 is 32.8. The molecule has 31 rings (SSSR count). The first kappa shape index (κ1) is 83.9. The molecule has 0 N–H and O–H groups in total. The summed E-state index contributed by atoms with van der Waals surface area (Å²) in [6.07, 6.45) is 0. The molecule has 0 spiro atoms. The third kappa shape index (κ3) is 14.1. The van der Waals surface area contributed by atoms with Crippen LogP contribution in [0.25, 0.3) is 293 Å². The molecule has 0 unspecified atom stereocenters. The summed E-state index contributed by atoms with van der Waals surface area (Å²) in [6.45, 7) is 0. The number of benzene rings is 21.